The molecule has 0 aliphatic carbocycles. The number of rotatable bonds is 5. The number of alkyl halides is 3. The number of carbonyl (C=O) groups excluding carboxylic acids is 1. The predicted octanol–water partition coefficient (Wildman–Crippen LogP) is 3.65. The second-order valence-electron chi connectivity index (χ2n) is 7.62. The van der Waals surface area contributed by atoms with Gasteiger partial charge in [0.05, 0.1) is 6.20 Å². The topological polar surface area (TPSA) is 121 Å². The molecule has 0 saturated carbocycles. The van der Waals surface area contributed by atoms with Gasteiger partial charge in [-0.05, 0) is 35.7 Å². The van der Waals surface area contributed by atoms with E-state index in [-0.39, 0.29) is 5.91 Å². The van der Waals surface area contributed by atoms with Crippen LogP contribution in [0.15, 0.2) is 55.0 Å². The molecule has 3 aromatic rings. The number of fused-ring (bicyclic) bond motifs is 1. The first-order valence-corrected chi connectivity index (χ1v) is 10.3. The number of carboxylic acid groups (broad SMARTS) is 1. The lowest BCUT2D eigenvalue weighted by molar-refractivity contribution is -0.192. The molecule has 12 heteroatoms. The number of benzene rings is 1. The molecular formula is C22H23F3N6O3. The van der Waals surface area contributed by atoms with Gasteiger partial charge in [-0.3, -0.25) is 9.78 Å². The number of anilines is 3. The quantitative estimate of drug-likeness (QED) is 0.444. The van der Waals surface area contributed by atoms with Crippen molar-refractivity contribution in [2.75, 3.05) is 17.2 Å². The summed E-state index contributed by atoms with van der Waals surface area (Å²) in [5.74, 6) is -1.56. The van der Waals surface area contributed by atoms with E-state index in [9.17, 15) is 18.0 Å². The number of carbonyl (C=O) groups is 2. The van der Waals surface area contributed by atoms with E-state index >= 15 is 0 Å². The fourth-order valence-corrected chi connectivity index (χ4v) is 3.09. The minimum Gasteiger partial charge on any atom is -0.475 e. The lowest BCUT2D eigenvalue weighted by Gasteiger charge is -2.22. The molecule has 9 nitrogen and oxygen atoms in total. The Balaban J connectivity index is 0.000000406. The van der Waals surface area contributed by atoms with Crippen molar-refractivity contribution in [3.05, 3.63) is 66.1 Å². The molecule has 1 aromatic carbocycles. The summed E-state index contributed by atoms with van der Waals surface area (Å²) < 4.78 is 33.6. The van der Waals surface area contributed by atoms with Crippen molar-refractivity contribution in [2.24, 2.45) is 5.92 Å². The van der Waals surface area contributed by atoms with E-state index in [2.05, 4.69) is 33.0 Å². The first kappa shape index (κ1) is 24.6. The minimum absolute atomic E-state index is 0.114. The third-order valence-corrected chi connectivity index (χ3v) is 4.81. The van der Waals surface area contributed by atoms with Gasteiger partial charge in [-0.15, -0.1) is 0 Å². The number of pyridine rings is 1. The molecule has 1 atom stereocenters. The molecule has 4 N–H and O–H groups in total. The van der Waals surface area contributed by atoms with Crippen LogP contribution < -0.4 is 16.0 Å². The van der Waals surface area contributed by atoms with Gasteiger partial charge in [0.2, 0.25) is 0 Å². The minimum atomic E-state index is -5.08. The van der Waals surface area contributed by atoms with Gasteiger partial charge in [-0.2, -0.15) is 18.3 Å². The van der Waals surface area contributed by atoms with Crippen molar-refractivity contribution in [1.82, 2.24) is 20.1 Å². The maximum Gasteiger partial charge on any atom is 0.490 e. The van der Waals surface area contributed by atoms with E-state index in [0.717, 1.165) is 35.8 Å². The standard InChI is InChI=1S/C20H22N6O.C2HF3O2/c1-14-10-22-19-18(12-24-26(19)13-14)20(27)23-11-15-2-4-16(5-3-15)25-17-6-8-21-9-7-17;3-2(4,5)1(6)7/h2-9,12,14,22H,10-11,13H2,1H3,(H,21,25)(H,23,27);(H,6,7). The zero-order valence-corrected chi connectivity index (χ0v) is 18.1. The van der Waals surface area contributed by atoms with Gasteiger partial charge in [-0.25, -0.2) is 9.48 Å². The first-order chi connectivity index (χ1) is 16.1. The van der Waals surface area contributed by atoms with Gasteiger partial charge >= 0.3 is 12.1 Å². The van der Waals surface area contributed by atoms with Gasteiger partial charge < -0.3 is 21.1 Å². The number of carboxylic acids is 1. The van der Waals surface area contributed by atoms with Crippen LogP contribution in [-0.4, -0.2) is 44.5 Å². The van der Waals surface area contributed by atoms with Crippen LogP contribution in [0.4, 0.5) is 30.4 Å². The number of nitrogens with one attached hydrogen (secondary N) is 3. The van der Waals surface area contributed by atoms with Crippen molar-refractivity contribution < 1.29 is 27.9 Å². The van der Waals surface area contributed by atoms with Gasteiger partial charge in [0.1, 0.15) is 11.4 Å². The predicted molar refractivity (Wildman–Crippen MR) is 119 cm³/mol. The van der Waals surface area contributed by atoms with Crippen LogP contribution in [0.3, 0.4) is 0 Å². The summed E-state index contributed by atoms with van der Waals surface area (Å²) in [6.07, 6.45) is 0.0475. The van der Waals surface area contributed by atoms with E-state index in [1.165, 1.54) is 0 Å². The third-order valence-electron chi connectivity index (χ3n) is 4.81. The van der Waals surface area contributed by atoms with Crippen molar-refractivity contribution in [1.29, 1.82) is 0 Å². The van der Waals surface area contributed by atoms with Gasteiger partial charge in [0, 0.05) is 43.4 Å². The zero-order valence-electron chi connectivity index (χ0n) is 18.1. The molecule has 1 unspecified atom stereocenters. The normalized spacial score (nSPS) is 14.6. The fraction of sp³-hybridized carbons (Fsp3) is 0.273. The van der Waals surface area contributed by atoms with Crippen LogP contribution in [0.5, 0.6) is 0 Å². The second-order valence-corrected chi connectivity index (χ2v) is 7.62. The van der Waals surface area contributed by atoms with Gasteiger partial charge in [0.25, 0.3) is 5.91 Å². The number of hydrogen-bond acceptors (Lipinski definition) is 6. The Labute approximate surface area is 193 Å². The van der Waals surface area contributed by atoms with E-state index < -0.39 is 12.1 Å². The summed E-state index contributed by atoms with van der Waals surface area (Å²) in [7, 11) is 0. The lowest BCUT2D eigenvalue weighted by Crippen LogP contribution is -2.28. The van der Waals surface area contributed by atoms with Crippen LogP contribution in [0.2, 0.25) is 0 Å². The Kier molecular flexibility index (Phi) is 7.71. The van der Waals surface area contributed by atoms with Crippen LogP contribution in [0.1, 0.15) is 22.8 Å². The van der Waals surface area contributed by atoms with Crippen molar-refractivity contribution in [3.63, 3.8) is 0 Å². The maximum atomic E-state index is 12.5. The number of halogens is 3. The Morgan fingerprint density at radius 2 is 1.76 bits per heavy atom. The van der Waals surface area contributed by atoms with E-state index in [1.54, 1.807) is 18.6 Å². The van der Waals surface area contributed by atoms with Crippen molar-refractivity contribution in [2.45, 2.75) is 26.2 Å². The van der Waals surface area contributed by atoms with Crippen LogP contribution in [0.25, 0.3) is 0 Å². The highest BCUT2D eigenvalue weighted by molar-refractivity contribution is 5.98. The summed E-state index contributed by atoms with van der Waals surface area (Å²) in [5, 5.41) is 21.0. The number of aromatic nitrogens is 3. The Morgan fingerprint density at radius 1 is 1.15 bits per heavy atom. The fourth-order valence-electron chi connectivity index (χ4n) is 3.09. The molecule has 0 fully saturated rings. The number of amides is 1. The van der Waals surface area contributed by atoms with E-state index in [4.69, 9.17) is 9.90 Å². The third kappa shape index (κ3) is 6.70. The Morgan fingerprint density at radius 3 is 2.38 bits per heavy atom. The highest BCUT2D eigenvalue weighted by Crippen LogP contribution is 2.22. The average Bonchev–Trinajstić information content (AvgIpc) is 3.22. The molecule has 1 aliphatic rings. The van der Waals surface area contributed by atoms with Crippen LogP contribution in [-0.2, 0) is 17.9 Å². The monoisotopic (exact) mass is 476 g/mol. The number of hydrogen-bond donors (Lipinski definition) is 4. The molecule has 3 heterocycles. The largest absolute Gasteiger partial charge is 0.490 e. The van der Waals surface area contributed by atoms with Crippen LogP contribution >= 0.6 is 0 Å². The summed E-state index contributed by atoms with van der Waals surface area (Å²) >= 11 is 0. The molecule has 0 radical (unpaired) electrons. The maximum absolute atomic E-state index is 12.5. The average molecular weight is 476 g/mol. The smallest absolute Gasteiger partial charge is 0.475 e. The number of aliphatic carboxylic acids is 1. The van der Waals surface area contributed by atoms with Crippen molar-refractivity contribution in [3.8, 4) is 0 Å². The molecule has 0 spiro atoms. The highest BCUT2D eigenvalue weighted by atomic mass is 19.4. The first-order valence-electron chi connectivity index (χ1n) is 10.3. The highest BCUT2D eigenvalue weighted by Gasteiger charge is 2.38. The Hall–Kier alpha value is -4.09. The summed E-state index contributed by atoms with van der Waals surface area (Å²) in [4.78, 5) is 25.4. The van der Waals surface area contributed by atoms with Crippen molar-refractivity contribution >= 4 is 29.1 Å². The number of nitrogens with zero attached hydrogens (tertiary/aromatic N) is 3. The molecule has 1 amide bonds. The molecule has 1 aliphatic heterocycles. The van der Waals surface area contributed by atoms with Gasteiger partial charge in [0.15, 0.2) is 0 Å². The van der Waals surface area contributed by atoms with E-state index in [0.29, 0.717) is 18.0 Å². The van der Waals surface area contributed by atoms with Crippen LogP contribution in [0, 0.1) is 5.92 Å². The molecule has 34 heavy (non-hydrogen) atoms. The zero-order chi connectivity index (χ0) is 24.7. The second kappa shape index (κ2) is 10.7. The van der Waals surface area contributed by atoms with Gasteiger partial charge in [-0.1, -0.05) is 19.1 Å². The molecular weight excluding hydrogens is 453 g/mol. The summed E-state index contributed by atoms with van der Waals surface area (Å²) in [6.45, 7) is 4.32. The Bertz CT molecular complexity index is 1120. The molecule has 2 aromatic heterocycles. The molecule has 0 bridgehead atoms. The lowest BCUT2D eigenvalue weighted by atomic mass is 10.1. The van der Waals surface area contributed by atoms with E-state index in [1.807, 2.05) is 41.1 Å². The summed E-state index contributed by atoms with van der Waals surface area (Å²) in [5.41, 5.74) is 3.60. The summed E-state index contributed by atoms with van der Waals surface area (Å²) in [6, 6.07) is 11.8. The molecule has 4 rings (SSSR count). The molecule has 0 saturated heterocycles. The molecule has 180 valence electrons. The SMILES string of the molecule is CC1CNc2c(C(=O)NCc3ccc(Nc4ccncc4)cc3)cnn2C1.O=C(O)C(F)(F)F.